The van der Waals surface area contributed by atoms with Gasteiger partial charge in [0, 0.05) is 12.3 Å². The minimum Gasteiger partial charge on any atom is -0.330 e. The van der Waals surface area contributed by atoms with E-state index >= 15 is 0 Å². The van der Waals surface area contributed by atoms with E-state index in [2.05, 4.69) is 22.2 Å². The monoisotopic (exact) mass is 265 g/mol. The molecular formula is C12H19N5S. The van der Waals surface area contributed by atoms with Crippen LogP contribution in [0.3, 0.4) is 0 Å². The highest BCUT2D eigenvalue weighted by Gasteiger charge is 2.29. The highest BCUT2D eigenvalue weighted by Crippen LogP contribution is 2.39. The van der Waals surface area contributed by atoms with E-state index in [0.29, 0.717) is 11.8 Å². The summed E-state index contributed by atoms with van der Waals surface area (Å²) in [5.41, 5.74) is 5.57. The summed E-state index contributed by atoms with van der Waals surface area (Å²) in [7, 11) is 0. The van der Waals surface area contributed by atoms with Gasteiger partial charge in [-0.3, -0.25) is 0 Å². The van der Waals surface area contributed by atoms with Crippen LogP contribution in [0.15, 0.2) is 0 Å². The molecule has 0 spiro atoms. The molecule has 0 amide bonds. The van der Waals surface area contributed by atoms with Gasteiger partial charge in [-0.1, -0.05) is 18.3 Å². The predicted molar refractivity (Wildman–Crippen MR) is 71.8 cm³/mol. The van der Waals surface area contributed by atoms with Gasteiger partial charge in [0.25, 0.3) is 0 Å². The fourth-order valence-corrected chi connectivity index (χ4v) is 3.02. The summed E-state index contributed by atoms with van der Waals surface area (Å²) >= 11 is 1.67. The lowest BCUT2D eigenvalue weighted by atomic mass is 10.0. The molecule has 6 heteroatoms. The summed E-state index contributed by atoms with van der Waals surface area (Å²) in [4.78, 5) is 0.943. The molecule has 5 nitrogen and oxygen atoms in total. The number of nitrogens with zero attached hydrogens (tertiary/aromatic N) is 4. The smallest absolute Gasteiger partial charge is 0.234 e. The first kappa shape index (κ1) is 12.0. The Morgan fingerprint density at radius 1 is 1.39 bits per heavy atom. The van der Waals surface area contributed by atoms with Crippen molar-refractivity contribution in [3.8, 4) is 0 Å². The third-order valence-corrected chi connectivity index (χ3v) is 4.47. The minimum atomic E-state index is 0.603. The van der Waals surface area contributed by atoms with E-state index in [1.165, 1.54) is 17.8 Å². The largest absolute Gasteiger partial charge is 0.330 e. The Hall–Kier alpha value is -1.01. The van der Waals surface area contributed by atoms with Gasteiger partial charge in [0.2, 0.25) is 4.96 Å². The van der Waals surface area contributed by atoms with E-state index in [0.717, 1.165) is 36.6 Å². The number of aromatic nitrogens is 4. The molecule has 0 radical (unpaired) electrons. The number of hydrogen-bond acceptors (Lipinski definition) is 5. The third-order valence-electron chi connectivity index (χ3n) is 3.51. The normalized spacial score (nSPS) is 17.4. The van der Waals surface area contributed by atoms with Gasteiger partial charge in [0.05, 0.1) is 0 Å². The highest BCUT2D eigenvalue weighted by molar-refractivity contribution is 7.16. The average Bonchev–Trinajstić information content (AvgIpc) is 2.99. The SMILES string of the molecule is CC(CCN)CCc1nn2c(C3CC3)nnc2s1. The zero-order chi connectivity index (χ0) is 12.5. The Labute approximate surface area is 110 Å². The zero-order valence-corrected chi connectivity index (χ0v) is 11.5. The molecule has 98 valence electrons. The summed E-state index contributed by atoms with van der Waals surface area (Å²) in [5, 5.41) is 14.3. The minimum absolute atomic E-state index is 0.603. The average molecular weight is 265 g/mol. The van der Waals surface area contributed by atoms with Crippen LogP contribution in [0.4, 0.5) is 0 Å². The Kier molecular flexibility index (Phi) is 3.30. The van der Waals surface area contributed by atoms with E-state index in [1.54, 1.807) is 11.3 Å². The molecule has 1 aliphatic carbocycles. The van der Waals surface area contributed by atoms with Crippen molar-refractivity contribution < 1.29 is 0 Å². The van der Waals surface area contributed by atoms with Crippen molar-refractivity contribution in [1.82, 2.24) is 19.8 Å². The van der Waals surface area contributed by atoms with Gasteiger partial charge >= 0.3 is 0 Å². The summed E-state index contributed by atoms with van der Waals surface area (Å²) in [5.74, 6) is 2.33. The van der Waals surface area contributed by atoms with Crippen LogP contribution < -0.4 is 5.73 Å². The van der Waals surface area contributed by atoms with Crippen LogP contribution in [0.25, 0.3) is 4.96 Å². The van der Waals surface area contributed by atoms with Gasteiger partial charge in [0.15, 0.2) is 5.82 Å². The first-order valence-electron chi connectivity index (χ1n) is 6.69. The van der Waals surface area contributed by atoms with Crippen LogP contribution in [0.2, 0.25) is 0 Å². The van der Waals surface area contributed by atoms with Gasteiger partial charge in [-0.05, 0) is 38.1 Å². The second-order valence-corrected chi connectivity index (χ2v) is 6.28. The molecule has 1 fully saturated rings. The lowest BCUT2D eigenvalue weighted by molar-refractivity contribution is 0.498. The van der Waals surface area contributed by atoms with Crippen molar-refractivity contribution >= 4 is 16.3 Å². The molecular weight excluding hydrogens is 246 g/mol. The molecule has 1 unspecified atom stereocenters. The zero-order valence-electron chi connectivity index (χ0n) is 10.7. The van der Waals surface area contributed by atoms with Crippen LogP contribution in [-0.4, -0.2) is 26.4 Å². The van der Waals surface area contributed by atoms with Crippen molar-refractivity contribution in [2.75, 3.05) is 6.54 Å². The molecule has 1 aliphatic rings. The van der Waals surface area contributed by atoms with Crippen LogP contribution in [-0.2, 0) is 6.42 Å². The molecule has 2 aromatic rings. The molecule has 2 aromatic heterocycles. The summed E-state index contributed by atoms with van der Waals surface area (Å²) in [6.45, 7) is 3.03. The summed E-state index contributed by atoms with van der Waals surface area (Å²) < 4.78 is 1.95. The van der Waals surface area contributed by atoms with Gasteiger partial charge < -0.3 is 5.73 Å². The predicted octanol–water partition coefficient (Wildman–Crippen LogP) is 1.98. The first-order valence-corrected chi connectivity index (χ1v) is 7.50. The summed E-state index contributed by atoms with van der Waals surface area (Å²) in [6.07, 6.45) is 5.75. The van der Waals surface area contributed by atoms with Gasteiger partial charge in [-0.25, -0.2) is 0 Å². The Balaban J connectivity index is 1.69. The van der Waals surface area contributed by atoms with Gasteiger partial charge in [0.1, 0.15) is 5.01 Å². The van der Waals surface area contributed by atoms with Crippen molar-refractivity contribution in [1.29, 1.82) is 0 Å². The van der Waals surface area contributed by atoms with Crippen LogP contribution >= 0.6 is 11.3 Å². The van der Waals surface area contributed by atoms with E-state index in [-0.39, 0.29) is 0 Å². The topological polar surface area (TPSA) is 69.1 Å². The fourth-order valence-electron chi connectivity index (χ4n) is 2.17. The maximum atomic E-state index is 5.57. The quantitative estimate of drug-likeness (QED) is 0.867. The van der Waals surface area contributed by atoms with E-state index in [4.69, 9.17) is 5.73 Å². The molecule has 2 heterocycles. The van der Waals surface area contributed by atoms with Gasteiger partial charge in [-0.15, -0.1) is 10.2 Å². The number of rotatable bonds is 6. The fraction of sp³-hybridized carbons (Fsp3) is 0.750. The second-order valence-electron chi connectivity index (χ2n) is 5.24. The molecule has 0 aromatic carbocycles. The number of nitrogens with two attached hydrogens (primary N) is 1. The molecule has 18 heavy (non-hydrogen) atoms. The molecule has 1 atom stereocenters. The lowest BCUT2D eigenvalue weighted by Crippen LogP contribution is -2.06. The van der Waals surface area contributed by atoms with Crippen molar-refractivity contribution in [3.63, 3.8) is 0 Å². The van der Waals surface area contributed by atoms with Crippen molar-refractivity contribution in [2.24, 2.45) is 11.7 Å². The molecule has 0 saturated heterocycles. The Bertz CT molecular complexity index is 528. The third kappa shape index (κ3) is 2.40. The molecule has 2 N–H and O–H groups in total. The van der Waals surface area contributed by atoms with E-state index in [9.17, 15) is 0 Å². The lowest BCUT2D eigenvalue weighted by Gasteiger charge is -2.07. The molecule has 0 bridgehead atoms. The van der Waals surface area contributed by atoms with Crippen LogP contribution in [0.5, 0.6) is 0 Å². The number of fused-ring (bicyclic) bond motifs is 1. The van der Waals surface area contributed by atoms with Crippen LogP contribution in [0.1, 0.15) is 49.4 Å². The Morgan fingerprint density at radius 3 is 2.94 bits per heavy atom. The molecule has 3 rings (SSSR count). The molecule has 0 aliphatic heterocycles. The Morgan fingerprint density at radius 2 is 2.22 bits per heavy atom. The number of hydrogen-bond donors (Lipinski definition) is 1. The first-order chi connectivity index (χ1) is 8.78. The highest BCUT2D eigenvalue weighted by atomic mass is 32.1. The summed E-state index contributed by atoms with van der Waals surface area (Å²) in [6, 6.07) is 0. The van der Waals surface area contributed by atoms with E-state index in [1.807, 2.05) is 4.52 Å². The van der Waals surface area contributed by atoms with Gasteiger partial charge in [-0.2, -0.15) is 9.61 Å². The van der Waals surface area contributed by atoms with Crippen molar-refractivity contribution in [2.45, 2.75) is 44.9 Å². The van der Waals surface area contributed by atoms with E-state index < -0.39 is 0 Å². The van der Waals surface area contributed by atoms with Crippen LogP contribution in [0, 0.1) is 5.92 Å². The second kappa shape index (κ2) is 4.93. The molecule has 1 saturated carbocycles. The maximum absolute atomic E-state index is 5.57. The standard InChI is InChI=1S/C12H19N5S/c1-8(6-7-13)2-5-10-16-17-11(9-3-4-9)14-15-12(17)18-10/h8-9H,2-7,13H2,1H3. The number of aryl methyl sites for hydroxylation is 1. The van der Waals surface area contributed by atoms with Crippen molar-refractivity contribution in [3.05, 3.63) is 10.8 Å². The maximum Gasteiger partial charge on any atom is 0.234 e.